The Morgan fingerprint density at radius 1 is 1.17 bits per heavy atom. The topological polar surface area (TPSA) is 73.1 Å². The van der Waals surface area contributed by atoms with E-state index in [0.717, 1.165) is 11.4 Å². The fourth-order valence-corrected chi connectivity index (χ4v) is 3.19. The Kier molecular flexibility index (Phi) is 4.86. The van der Waals surface area contributed by atoms with E-state index in [4.69, 9.17) is 22.1 Å². The van der Waals surface area contributed by atoms with Gasteiger partial charge in [0.15, 0.2) is 5.82 Å². The highest BCUT2D eigenvalue weighted by molar-refractivity contribution is 6.32. The molecule has 1 fully saturated rings. The van der Waals surface area contributed by atoms with Crippen LogP contribution in [0, 0.1) is 0 Å². The van der Waals surface area contributed by atoms with Gasteiger partial charge in [-0.25, -0.2) is 9.97 Å². The first-order valence-electron chi connectivity index (χ1n) is 7.91. The molecule has 122 valence electrons. The molecular formula is C17H21ClN4O. The second-order valence-electron chi connectivity index (χ2n) is 5.83. The average molecular weight is 333 g/mol. The number of benzene rings is 1. The predicted octanol–water partition coefficient (Wildman–Crippen LogP) is 4.13. The lowest BCUT2D eigenvalue weighted by molar-refractivity contribution is 0.415. The SMILES string of the molecule is COc1ccc(-c2nc(N)cc(NC3CCCCC3)n2)cc1Cl. The van der Waals surface area contributed by atoms with Crippen molar-refractivity contribution in [2.24, 2.45) is 0 Å². The van der Waals surface area contributed by atoms with Crippen molar-refractivity contribution in [3.63, 3.8) is 0 Å². The van der Waals surface area contributed by atoms with Gasteiger partial charge >= 0.3 is 0 Å². The molecule has 1 aliphatic carbocycles. The molecule has 5 nitrogen and oxygen atoms in total. The Hall–Kier alpha value is -2.01. The van der Waals surface area contributed by atoms with Crippen LogP contribution in [0.15, 0.2) is 24.3 Å². The molecule has 0 amide bonds. The summed E-state index contributed by atoms with van der Waals surface area (Å²) < 4.78 is 5.17. The summed E-state index contributed by atoms with van der Waals surface area (Å²) in [5.74, 6) is 2.40. The summed E-state index contributed by atoms with van der Waals surface area (Å²) in [6.45, 7) is 0. The standard InChI is InChI=1S/C17H21ClN4O/c1-23-14-8-7-11(9-13(14)18)17-21-15(19)10-16(22-17)20-12-5-3-2-4-6-12/h7-10,12H,2-6H2,1H3,(H3,19,20,21,22). The third-order valence-corrected chi connectivity index (χ3v) is 4.41. The maximum absolute atomic E-state index is 6.19. The smallest absolute Gasteiger partial charge is 0.163 e. The summed E-state index contributed by atoms with van der Waals surface area (Å²) in [7, 11) is 1.59. The number of ether oxygens (including phenoxy) is 1. The molecule has 1 aromatic carbocycles. The molecule has 23 heavy (non-hydrogen) atoms. The van der Waals surface area contributed by atoms with Gasteiger partial charge in [0, 0.05) is 17.7 Å². The van der Waals surface area contributed by atoms with Gasteiger partial charge < -0.3 is 15.8 Å². The Morgan fingerprint density at radius 3 is 2.65 bits per heavy atom. The van der Waals surface area contributed by atoms with Crippen molar-refractivity contribution < 1.29 is 4.74 Å². The van der Waals surface area contributed by atoms with E-state index >= 15 is 0 Å². The van der Waals surface area contributed by atoms with Crippen molar-refractivity contribution in [1.29, 1.82) is 0 Å². The number of hydrogen-bond acceptors (Lipinski definition) is 5. The Labute approximate surface area is 141 Å². The maximum atomic E-state index is 6.19. The predicted molar refractivity (Wildman–Crippen MR) is 93.9 cm³/mol. The number of aromatic nitrogens is 2. The minimum absolute atomic E-state index is 0.445. The lowest BCUT2D eigenvalue weighted by atomic mass is 9.95. The van der Waals surface area contributed by atoms with Gasteiger partial charge in [0.25, 0.3) is 0 Å². The van der Waals surface area contributed by atoms with Gasteiger partial charge in [-0.3, -0.25) is 0 Å². The first-order chi connectivity index (χ1) is 11.2. The minimum Gasteiger partial charge on any atom is -0.495 e. The second kappa shape index (κ2) is 7.04. The van der Waals surface area contributed by atoms with E-state index in [1.165, 1.54) is 32.1 Å². The van der Waals surface area contributed by atoms with Gasteiger partial charge in [-0.05, 0) is 31.0 Å². The van der Waals surface area contributed by atoms with Crippen molar-refractivity contribution >= 4 is 23.2 Å². The molecule has 3 rings (SSSR count). The van der Waals surface area contributed by atoms with Gasteiger partial charge in [-0.1, -0.05) is 30.9 Å². The van der Waals surface area contributed by atoms with Crippen LogP contribution in [0.5, 0.6) is 5.75 Å². The molecule has 0 unspecified atom stereocenters. The fourth-order valence-electron chi connectivity index (χ4n) is 2.93. The Balaban J connectivity index is 1.86. The van der Waals surface area contributed by atoms with Crippen molar-refractivity contribution in [3.05, 3.63) is 29.3 Å². The van der Waals surface area contributed by atoms with Gasteiger partial charge in [0.2, 0.25) is 0 Å². The fraction of sp³-hybridized carbons (Fsp3) is 0.412. The van der Waals surface area contributed by atoms with E-state index in [9.17, 15) is 0 Å². The first kappa shape index (κ1) is 15.9. The summed E-state index contributed by atoms with van der Waals surface area (Å²) in [6, 6.07) is 7.72. The van der Waals surface area contributed by atoms with Crippen LogP contribution in [0.3, 0.4) is 0 Å². The summed E-state index contributed by atoms with van der Waals surface area (Å²) >= 11 is 6.19. The van der Waals surface area contributed by atoms with E-state index in [-0.39, 0.29) is 0 Å². The zero-order valence-corrected chi connectivity index (χ0v) is 13.9. The van der Waals surface area contributed by atoms with Crippen molar-refractivity contribution in [3.8, 4) is 17.1 Å². The summed E-state index contributed by atoms with van der Waals surface area (Å²) in [4.78, 5) is 8.91. The number of nitrogens with one attached hydrogen (secondary N) is 1. The van der Waals surface area contributed by atoms with E-state index < -0.39 is 0 Å². The summed E-state index contributed by atoms with van der Waals surface area (Å²) in [5, 5.41) is 4.01. The molecule has 1 heterocycles. The maximum Gasteiger partial charge on any atom is 0.163 e. The molecule has 1 aromatic heterocycles. The number of halogens is 1. The van der Waals surface area contributed by atoms with E-state index in [1.54, 1.807) is 25.3 Å². The largest absolute Gasteiger partial charge is 0.495 e. The third kappa shape index (κ3) is 3.85. The van der Waals surface area contributed by atoms with Crippen LogP contribution in [0.25, 0.3) is 11.4 Å². The molecule has 2 aromatic rings. The van der Waals surface area contributed by atoms with Gasteiger partial charge in [-0.2, -0.15) is 0 Å². The Bertz CT molecular complexity index is 686. The number of methoxy groups -OCH3 is 1. The lowest BCUT2D eigenvalue weighted by Gasteiger charge is -2.23. The number of anilines is 2. The van der Waals surface area contributed by atoms with Crippen LogP contribution in [0.4, 0.5) is 11.6 Å². The van der Waals surface area contributed by atoms with Crippen LogP contribution in [-0.4, -0.2) is 23.1 Å². The summed E-state index contributed by atoms with van der Waals surface area (Å²) in [6.07, 6.45) is 6.19. The number of nitrogens with two attached hydrogens (primary N) is 1. The molecule has 0 bridgehead atoms. The van der Waals surface area contributed by atoms with Crippen LogP contribution in [-0.2, 0) is 0 Å². The zero-order valence-electron chi connectivity index (χ0n) is 13.2. The number of nitrogens with zero attached hydrogens (tertiary/aromatic N) is 2. The molecule has 3 N–H and O–H groups in total. The van der Waals surface area contributed by atoms with Crippen molar-refractivity contribution in [1.82, 2.24) is 9.97 Å². The molecule has 6 heteroatoms. The first-order valence-corrected chi connectivity index (χ1v) is 8.28. The van der Waals surface area contributed by atoms with Gasteiger partial charge in [0.05, 0.1) is 12.1 Å². The number of nitrogen functional groups attached to an aromatic ring is 1. The lowest BCUT2D eigenvalue weighted by Crippen LogP contribution is -2.23. The van der Waals surface area contributed by atoms with Crippen molar-refractivity contribution in [2.75, 3.05) is 18.2 Å². The van der Waals surface area contributed by atoms with Crippen LogP contribution >= 0.6 is 11.6 Å². The van der Waals surface area contributed by atoms with Crippen molar-refractivity contribution in [2.45, 2.75) is 38.1 Å². The molecule has 0 radical (unpaired) electrons. The van der Waals surface area contributed by atoms with E-state index in [0.29, 0.717) is 28.5 Å². The monoisotopic (exact) mass is 332 g/mol. The normalized spacial score (nSPS) is 15.4. The average Bonchev–Trinajstić information content (AvgIpc) is 2.55. The Morgan fingerprint density at radius 2 is 1.96 bits per heavy atom. The minimum atomic E-state index is 0.445. The molecule has 0 saturated heterocycles. The molecule has 0 aliphatic heterocycles. The quantitative estimate of drug-likeness (QED) is 0.880. The summed E-state index contributed by atoms with van der Waals surface area (Å²) in [5.41, 5.74) is 6.76. The van der Waals surface area contributed by atoms with Crippen LogP contribution < -0.4 is 15.8 Å². The molecular weight excluding hydrogens is 312 g/mol. The highest BCUT2D eigenvalue weighted by Crippen LogP contribution is 2.30. The highest BCUT2D eigenvalue weighted by Gasteiger charge is 2.15. The van der Waals surface area contributed by atoms with E-state index in [1.807, 2.05) is 6.07 Å². The third-order valence-electron chi connectivity index (χ3n) is 4.11. The zero-order chi connectivity index (χ0) is 16.2. The van der Waals surface area contributed by atoms with Gasteiger partial charge in [0.1, 0.15) is 17.4 Å². The number of rotatable bonds is 4. The number of hydrogen-bond donors (Lipinski definition) is 2. The van der Waals surface area contributed by atoms with E-state index in [2.05, 4.69) is 15.3 Å². The second-order valence-corrected chi connectivity index (χ2v) is 6.24. The molecule has 0 atom stereocenters. The van der Waals surface area contributed by atoms with Crippen LogP contribution in [0.1, 0.15) is 32.1 Å². The highest BCUT2D eigenvalue weighted by atomic mass is 35.5. The molecule has 1 saturated carbocycles. The molecule has 1 aliphatic rings. The van der Waals surface area contributed by atoms with Gasteiger partial charge in [-0.15, -0.1) is 0 Å². The van der Waals surface area contributed by atoms with Crippen LogP contribution in [0.2, 0.25) is 5.02 Å². The molecule has 0 spiro atoms.